The standard InChI is InChI=1S/C23H32N2O6/c1-23(2,3)31-22(29)25-18(13-20(24)27)21(28)30-14-19(26)17-11-9-16(10-12-17)15-7-5-4-6-8-15/h9-12,15,18H,4-8,13-14H2,1-3H3,(H2,24,27)(H,25,29)/t18-/m0/s1. The van der Waals surface area contributed by atoms with Crippen LogP contribution < -0.4 is 11.1 Å². The van der Waals surface area contributed by atoms with Crippen molar-refractivity contribution in [3.8, 4) is 0 Å². The zero-order chi connectivity index (χ0) is 23.0. The summed E-state index contributed by atoms with van der Waals surface area (Å²) in [5, 5.41) is 2.26. The lowest BCUT2D eigenvalue weighted by Gasteiger charge is -2.22. The molecule has 1 aromatic carbocycles. The number of carbonyl (C=O) groups excluding carboxylic acids is 4. The molecule has 0 unspecified atom stereocenters. The molecule has 1 atom stereocenters. The number of ketones is 1. The highest BCUT2D eigenvalue weighted by Crippen LogP contribution is 2.32. The van der Waals surface area contributed by atoms with E-state index in [0.717, 1.165) is 12.8 Å². The molecule has 1 aliphatic rings. The highest BCUT2D eigenvalue weighted by atomic mass is 16.6. The number of nitrogens with one attached hydrogen (secondary N) is 1. The van der Waals surface area contributed by atoms with Crippen molar-refractivity contribution >= 4 is 23.8 Å². The van der Waals surface area contributed by atoms with E-state index in [1.807, 2.05) is 12.1 Å². The molecule has 0 bridgehead atoms. The third kappa shape index (κ3) is 8.39. The number of primary amides is 1. The molecule has 1 fully saturated rings. The van der Waals surface area contributed by atoms with Gasteiger partial charge in [0.15, 0.2) is 12.4 Å². The van der Waals surface area contributed by atoms with Crippen LogP contribution in [0.25, 0.3) is 0 Å². The molecule has 8 nitrogen and oxygen atoms in total. The lowest BCUT2D eigenvalue weighted by molar-refractivity contribution is -0.146. The number of ether oxygens (including phenoxy) is 2. The number of carbonyl (C=O) groups is 4. The molecule has 0 aromatic heterocycles. The van der Waals surface area contributed by atoms with E-state index in [-0.39, 0.29) is 5.78 Å². The van der Waals surface area contributed by atoms with Crippen molar-refractivity contribution in [3.05, 3.63) is 35.4 Å². The molecule has 1 aliphatic carbocycles. The van der Waals surface area contributed by atoms with Gasteiger partial charge in [0.1, 0.15) is 11.6 Å². The fraction of sp³-hybridized carbons (Fsp3) is 0.565. The van der Waals surface area contributed by atoms with E-state index in [2.05, 4.69) is 5.32 Å². The van der Waals surface area contributed by atoms with Gasteiger partial charge in [-0.25, -0.2) is 9.59 Å². The maximum Gasteiger partial charge on any atom is 0.408 e. The smallest absolute Gasteiger partial charge is 0.408 e. The van der Waals surface area contributed by atoms with Crippen molar-refractivity contribution < 1.29 is 28.7 Å². The van der Waals surface area contributed by atoms with Crippen LogP contribution in [0.4, 0.5) is 4.79 Å². The van der Waals surface area contributed by atoms with E-state index in [1.54, 1.807) is 32.9 Å². The Kier molecular flexibility index (Phi) is 8.59. The van der Waals surface area contributed by atoms with Crippen LogP contribution in [0.5, 0.6) is 0 Å². The van der Waals surface area contributed by atoms with Crippen molar-refractivity contribution in [2.24, 2.45) is 5.73 Å². The number of esters is 1. The Labute approximate surface area is 182 Å². The lowest BCUT2D eigenvalue weighted by atomic mass is 9.84. The number of hydrogen-bond donors (Lipinski definition) is 2. The summed E-state index contributed by atoms with van der Waals surface area (Å²) in [7, 11) is 0. The minimum Gasteiger partial charge on any atom is -0.456 e. The number of benzene rings is 1. The van der Waals surface area contributed by atoms with Crippen LogP contribution in [-0.4, -0.2) is 42.0 Å². The Morgan fingerprint density at radius 1 is 1.06 bits per heavy atom. The van der Waals surface area contributed by atoms with Crippen LogP contribution in [0, 0.1) is 0 Å². The predicted molar refractivity (Wildman–Crippen MR) is 115 cm³/mol. The average Bonchev–Trinajstić information content (AvgIpc) is 2.70. The molecule has 0 saturated heterocycles. The van der Waals surface area contributed by atoms with Gasteiger partial charge in [0, 0.05) is 5.56 Å². The summed E-state index contributed by atoms with van der Waals surface area (Å²) in [5.74, 6) is -1.58. The van der Waals surface area contributed by atoms with Gasteiger partial charge in [-0.3, -0.25) is 9.59 Å². The molecule has 0 heterocycles. The molecule has 1 aromatic rings. The Morgan fingerprint density at radius 3 is 2.23 bits per heavy atom. The number of amides is 2. The summed E-state index contributed by atoms with van der Waals surface area (Å²) in [6, 6.07) is 6.03. The van der Waals surface area contributed by atoms with Crippen LogP contribution in [0.15, 0.2) is 24.3 Å². The zero-order valence-electron chi connectivity index (χ0n) is 18.4. The van der Waals surface area contributed by atoms with Gasteiger partial charge in [-0.15, -0.1) is 0 Å². The second kappa shape index (κ2) is 10.9. The van der Waals surface area contributed by atoms with Gasteiger partial charge in [0.25, 0.3) is 0 Å². The Bertz CT molecular complexity index is 791. The van der Waals surface area contributed by atoms with Crippen molar-refractivity contribution in [1.29, 1.82) is 0 Å². The Balaban J connectivity index is 1.92. The van der Waals surface area contributed by atoms with E-state index >= 15 is 0 Å². The molecule has 0 radical (unpaired) electrons. The van der Waals surface area contributed by atoms with Gasteiger partial charge >= 0.3 is 12.1 Å². The van der Waals surface area contributed by atoms with E-state index in [4.69, 9.17) is 15.2 Å². The maximum atomic E-state index is 12.4. The molecule has 170 valence electrons. The van der Waals surface area contributed by atoms with Gasteiger partial charge in [-0.05, 0) is 45.1 Å². The number of nitrogens with two attached hydrogens (primary N) is 1. The van der Waals surface area contributed by atoms with Gasteiger partial charge in [-0.1, -0.05) is 43.5 Å². The normalized spacial score (nSPS) is 15.6. The van der Waals surface area contributed by atoms with Gasteiger partial charge < -0.3 is 20.5 Å². The van der Waals surface area contributed by atoms with Gasteiger partial charge in [-0.2, -0.15) is 0 Å². The summed E-state index contributed by atoms with van der Waals surface area (Å²) in [6.45, 7) is 4.47. The summed E-state index contributed by atoms with van der Waals surface area (Å²) in [4.78, 5) is 47.9. The van der Waals surface area contributed by atoms with Crippen molar-refractivity contribution in [2.45, 2.75) is 76.9 Å². The average molecular weight is 433 g/mol. The third-order valence-electron chi connectivity index (χ3n) is 5.04. The first kappa shape index (κ1) is 24.4. The largest absolute Gasteiger partial charge is 0.456 e. The molecule has 3 N–H and O–H groups in total. The van der Waals surface area contributed by atoms with Crippen LogP contribution in [0.2, 0.25) is 0 Å². The SMILES string of the molecule is CC(C)(C)OC(=O)N[C@@H](CC(N)=O)C(=O)OCC(=O)c1ccc(C2CCCCC2)cc1. The molecule has 31 heavy (non-hydrogen) atoms. The van der Waals surface area contributed by atoms with E-state index in [9.17, 15) is 19.2 Å². The summed E-state index contributed by atoms with van der Waals surface area (Å²) < 4.78 is 10.1. The van der Waals surface area contributed by atoms with Crippen molar-refractivity contribution in [3.63, 3.8) is 0 Å². The van der Waals surface area contributed by atoms with Crippen LogP contribution in [-0.2, 0) is 19.1 Å². The number of hydrogen-bond acceptors (Lipinski definition) is 6. The number of Topliss-reactive ketones (excluding diaryl/α,β-unsaturated/α-hetero) is 1. The first-order chi connectivity index (χ1) is 14.5. The van der Waals surface area contributed by atoms with Crippen LogP contribution in [0.3, 0.4) is 0 Å². The van der Waals surface area contributed by atoms with E-state index in [0.29, 0.717) is 11.5 Å². The van der Waals surface area contributed by atoms with Crippen LogP contribution in [0.1, 0.15) is 81.1 Å². The molecule has 8 heteroatoms. The molecular weight excluding hydrogens is 400 g/mol. The van der Waals surface area contributed by atoms with E-state index < -0.39 is 42.6 Å². The number of rotatable bonds is 8. The highest BCUT2D eigenvalue weighted by molar-refractivity contribution is 5.98. The second-order valence-electron chi connectivity index (χ2n) is 8.86. The summed E-state index contributed by atoms with van der Waals surface area (Å²) in [5.41, 5.74) is 6.01. The quantitative estimate of drug-likeness (QED) is 0.480. The lowest BCUT2D eigenvalue weighted by Crippen LogP contribution is -2.46. The summed E-state index contributed by atoms with van der Waals surface area (Å²) >= 11 is 0. The predicted octanol–water partition coefficient (Wildman–Crippen LogP) is 3.23. The minimum atomic E-state index is -1.34. The molecule has 1 saturated carbocycles. The van der Waals surface area contributed by atoms with Gasteiger partial charge in [0.2, 0.25) is 5.91 Å². The fourth-order valence-corrected chi connectivity index (χ4v) is 3.54. The molecule has 2 rings (SSSR count). The maximum absolute atomic E-state index is 12.4. The summed E-state index contributed by atoms with van der Waals surface area (Å²) in [6.07, 6.45) is 4.70. The fourth-order valence-electron chi connectivity index (χ4n) is 3.54. The third-order valence-corrected chi connectivity index (χ3v) is 5.04. The molecule has 0 aliphatic heterocycles. The van der Waals surface area contributed by atoms with E-state index in [1.165, 1.54) is 24.8 Å². The zero-order valence-corrected chi connectivity index (χ0v) is 18.4. The molecule has 0 spiro atoms. The van der Waals surface area contributed by atoms with Gasteiger partial charge in [0.05, 0.1) is 6.42 Å². The first-order valence-corrected chi connectivity index (χ1v) is 10.6. The first-order valence-electron chi connectivity index (χ1n) is 10.6. The Morgan fingerprint density at radius 2 is 1.68 bits per heavy atom. The second-order valence-corrected chi connectivity index (χ2v) is 8.86. The highest BCUT2D eigenvalue weighted by Gasteiger charge is 2.27. The monoisotopic (exact) mass is 432 g/mol. The Hall–Kier alpha value is -2.90. The molecular formula is C23H32N2O6. The van der Waals surface area contributed by atoms with Crippen LogP contribution >= 0.6 is 0 Å². The minimum absolute atomic E-state index is 0.376. The van der Waals surface area contributed by atoms with Crippen molar-refractivity contribution in [1.82, 2.24) is 5.32 Å². The topological polar surface area (TPSA) is 125 Å². The molecule has 2 amide bonds. The van der Waals surface area contributed by atoms with Crippen molar-refractivity contribution in [2.75, 3.05) is 6.61 Å². The number of alkyl carbamates (subject to hydrolysis) is 1.